The molecule has 1 amide bonds. The van der Waals surface area contributed by atoms with E-state index in [1.807, 2.05) is 0 Å². The van der Waals surface area contributed by atoms with Crippen LogP contribution in [0.25, 0.3) is 0 Å². The van der Waals surface area contributed by atoms with Crippen LogP contribution in [0.5, 0.6) is 5.75 Å². The van der Waals surface area contributed by atoms with Crippen molar-refractivity contribution in [2.45, 2.75) is 6.92 Å². The Balaban J connectivity index is 2.23. The van der Waals surface area contributed by atoms with Crippen LogP contribution in [0.4, 0.5) is 5.82 Å². The molecule has 5 heteroatoms. The fourth-order valence-corrected chi connectivity index (χ4v) is 1.58. The molecule has 0 unspecified atom stereocenters. The van der Waals surface area contributed by atoms with Gasteiger partial charge in [0.05, 0.1) is 6.20 Å². The largest absolute Gasteiger partial charge is 0.508 e. The molecule has 0 saturated heterocycles. The lowest BCUT2D eigenvalue weighted by atomic mass is 10.1. The highest BCUT2D eigenvalue weighted by Crippen LogP contribution is 2.17. The van der Waals surface area contributed by atoms with E-state index in [1.54, 1.807) is 43.0 Å². The van der Waals surface area contributed by atoms with E-state index in [-0.39, 0.29) is 11.7 Å². The number of phenolic OH excluding ortho intramolecular Hbond substituents is 1. The van der Waals surface area contributed by atoms with Gasteiger partial charge in [-0.1, -0.05) is 0 Å². The maximum Gasteiger partial charge on any atom is 0.257 e. The van der Waals surface area contributed by atoms with Gasteiger partial charge in [0.1, 0.15) is 11.6 Å². The molecule has 1 aromatic carbocycles. The Kier molecular flexibility index (Phi) is 2.82. The molecule has 2 aromatic rings. The number of hydrogen-bond donors (Lipinski definition) is 2. The average Bonchev–Trinajstić information content (AvgIpc) is 2.64. The van der Waals surface area contributed by atoms with E-state index in [0.29, 0.717) is 11.4 Å². The second-order valence-corrected chi connectivity index (χ2v) is 3.79. The molecule has 0 saturated carbocycles. The zero-order valence-corrected chi connectivity index (χ0v) is 9.64. The first kappa shape index (κ1) is 11.2. The number of aromatic hydroxyl groups is 1. The van der Waals surface area contributed by atoms with Crippen LogP contribution in [0.3, 0.4) is 0 Å². The highest BCUT2D eigenvalue weighted by atomic mass is 16.3. The van der Waals surface area contributed by atoms with E-state index in [4.69, 9.17) is 0 Å². The summed E-state index contributed by atoms with van der Waals surface area (Å²) in [7, 11) is 1.75. The second-order valence-electron chi connectivity index (χ2n) is 3.79. The zero-order chi connectivity index (χ0) is 12.4. The number of anilines is 1. The van der Waals surface area contributed by atoms with Crippen molar-refractivity contribution in [2.24, 2.45) is 7.05 Å². The molecule has 0 spiro atoms. The molecule has 0 radical (unpaired) electrons. The summed E-state index contributed by atoms with van der Waals surface area (Å²) >= 11 is 0. The third kappa shape index (κ3) is 2.28. The number of aromatic nitrogens is 2. The second kappa shape index (κ2) is 4.29. The number of nitrogens with one attached hydrogen (secondary N) is 1. The van der Waals surface area contributed by atoms with Gasteiger partial charge in [-0.3, -0.25) is 9.48 Å². The molecular weight excluding hydrogens is 218 g/mol. The Morgan fingerprint density at radius 3 is 2.76 bits per heavy atom. The monoisotopic (exact) mass is 231 g/mol. The van der Waals surface area contributed by atoms with E-state index in [0.717, 1.165) is 5.56 Å². The zero-order valence-electron chi connectivity index (χ0n) is 9.64. The van der Waals surface area contributed by atoms with Gasteiger partial charge in [0.2, 0.25) is 0 Å². The Morgan fingerprint density at radius 1 is 1.41 bits per heavy atom. The minimum atomic E-state index is -0.217. The molecule has 17 heavy (non-hydrogen) atoms. The smallest absolute Gasteiger partial charge is 0.257 e. The molecule has 88 valence electrons. The summed E-state index contributed by atoms with van der Waals surface area (Å²) in [6.45, 7) is 1.78. The van der Waals surface area contributed by atoms with Crippen molar-refractivity contribution in [1.29, 1.82) is 0 Å². The number of hydrogen-bond acceptors (Lipinski definition) is 3. The topological polar surface area (TPSA) is 67.2 Å². The number of amides is 1. The van der Waals surface area contributed by atoms with Crippen LogP contribution in [0.1, 0.15) is 15.9 Å². The number of rotatable bonds is 2. The van der Waals surface area contributed by atoms with Crippen LogP contribution in [-0.2, 0) is 7.05 Å². The first-order chi connectivity index (χ1) is 8.08. The molecule has 1 heterocycles. The molecule has 0 aliphatic rings. The van der Waals surface area contributed by atoms with Crippen molar-refractivity contribution in [3.8, 4) is 5.75 Å². The summed E-state index contributed by atoms with van der Waals surface area (Å²) < 4.78 is 1.58. The van der Waals surface area contributed by atoms with Crippen LogP contribution < -0.4 is 5.32 Å². The van der Waals surface area contributed by atoms with Crippen LogP contribution in [-0.4, -0.2) is 20.8 Å². The van der Waals surface area contributed by atoms with Gasteiger partial charge in [-0.25, -0.2) is 0 Å². The molecule has 1 aromatic heterocycles. The first-order valence-electron chi connectivity index (χ1n) is 5.17. The Morgan fingerprint density at radius 2 is 2.18 bits per heavy atom. The quantitative estimate of drug-likeness (QED) is 0.826. The lowest BCUT2D eigenvalue weighted by Crippen LogP contribution is -2.15. The van der Waals surface area contributed by atoms with Crippen molar-refractivity contribution in [2.75, 3.05) is 5.32 Å². The molecule has 2 rings (SSSR count). The van der Waals surface area contributed by atoms with Gasteiger partial charge in [0.25, 0.3) is 5.91 Å². The molecule has 0 atom stereocenters. The number of carbonyl (C=O) groups excluding carboxylic acids is 1. The minimum absolute atomic E-state index is 0.152. The summed E-state index contributed by atoms with van der Waals surface area (Å²) in [6, 6.07) is 6.35. The predicted molar refractivity (Wildman–Crippen MR) is 64.0 cm³/mol. The molecular formula is C12H13N3O2. The summed E-state index contributed by atoms with van der Waals surface area (Å²) in [5.41, 5.74) is 1.26. The Labute approximate surface area is 98.7 Å². The minimum Gasteiger partial charge on any atom is -0.508 e. The predicted octanol–water partition coefficient (Wildman–Crippen LogP) is 1.69. The average molecular weight is 231 g/mol. The van der Waals surface area contributed by atoms with Crippen LogP contribution in [0.15, 0.2) is 30.5 Å². The lowest BCUT2D eigenvalue weighted by Gasteiger charge is -2.07. The SMILES string of the molecule is Cc1cc(O)ccc1C(=O)Nc1ccnn1C. The van der Waals surface area contributed by atoms with Crippen molar-refractivity contribution in [3.05, 3.63) is 41.6 Å². The first-order valence-corrected chi connectivity index (χ1v) is 5.17. The number of phenols is 1. The summed E-state index contributed by atoms with van der Waals surface area (Å²) in [5, 5.41) is 16.0. The summed E-state index contributed by atoms with van der Waals surface area (Å²) in [6.07, 6.45) is 1.61. The van der Waals surface area contributed by atoms with Gasteiger partial charge < -0.3 is 10.4 Å². The number of aryl methyl sites for hydroxylation is 2. The highest BCUT2D eigenvalue weighted by molar-refractivity contribution is 6.04. The fourth-order valence-electron chi connectivity index (χ4n) is 1.58. The third-order valence-electron chi connectivity index (χ3n) is 2.52. The number of carbonyl (C=O) groups is 1. The van der Waals surface area contributed by atoms with E-state index < -0.39 is 0 Å². The van der Waals surface area contributed by atoms with Gasteiger partial charge in [-0.15, -0.1) is 0 Å². The van der Waals surface area contributed by atoms with E-state index in [2.05, 4.69) is 10.4 Å². The molecule has 5 nitrogen and oxygen atoms in total. The van der Waals surface area contributed by atoms with Gasteiger partial charge in [-0.05, 0) is 30.7 Å². The van der Waals surface area contributed by atoms with E-state index >= 15 is 0 Å². The molecule has 2 N–H and O–H groups in total. The molecule has 0 aliphatic heterocycles. The summed E-state index contributed by atoms with van der Waals surface area (Å²) in [5.74, 6) is 0.563. The maximum atomic E-state index is 12.0. The Hall–Kier alpha value is -2.30. The van der Waals surface area contributed by atoms with E-state index in [1.165, 1.54) is 6.07 Å². The summed E-state index contributed by atoms with van der Waals surface area (Å²) in [4.78, 5) is 12.0. The van der Waals surface area contributed by atoms with Crippen LogP contribution in [0.2, 0.25) is 0 Å². The van der Waals surface area contributed by atoms with E-state index in [9.17, 15) is 9.90 Å². The van der Waals surface area contributed by atoms with Crippen molar-refractivity contribution < 1.29 is 9.90 Å². The normalized spacial score (nSPS) is 10.2. The fraction of sp³-hybridized carbons (Fsp3) is 0.167. The van der Waals surface area contributed by atoms with Crippen LogP contribution in [0, 0.1) is 6.92 Å². The Bertz CT molecular complexity index is 561. The maximum absolute atomic E-state index is 12.0. The van der Waals surface area contributed by atoms with Crippen molar-refractivity contribution in [1.82, 2.24) is 9.78 Å². The number of nitrogens with zero attached hydrogens (tertiary/aromatic N) is 2. The third-order valence-corrected chi connectivity index (χ3v) is 2.52. The van der Waals surface area contributed by atoms with Crippen molar-refractivity contribution in [3.63, 3.8) is 0 Å². The lowest BCUT2D eigenvalue weighted by molar-refractivity contribution is 0.102. The standard InChI is InChI=1S/C12H13N3O2/c1-8-7-9(16)3-4-10(8)12(17)14-11-5-6-13-15(11)2/h3-7,16H,1-2H3,(H,14,17). The van der Waals surface area contributed by atoms with Crippen molar-refractivity contribution >= 4 is 11.7 Å². The highest BCUT2D eigenvalue weighted by Gasteiger charge is 2.11. The van der Waals surface area contributed by atoms with Gasteiger partial charge in [0, 0.05) is 18.7 Å². The van der Waals surface area contributed by atoms with Crippen LogP contribution >= 0.6 is 0 Å². The number of benzene rings is 1. The van der Waals surface area contributed by atoms with Gasteiger partial charge >= 0.3 is 0 Å². The molecule has 0 aliphatic carbocycles. The van der Waals surface area contributed by atoms with Gasteiger partial charge in [0.15, 0.2) is 0 Å². The molecule has 0 bridgehead atoms. The van der Waals surface area contributed by atoms with Gasteiger partial charge in [-0.2, -0.15) is 5.10 Å². The molecule has 0 fully saturated rings.